The molecule has 0 spiro atoms. The largest absolute Gasteiger partial charge is 0.507 e. The van der Waals surface area contributed by atoms with Crippen LogP contribution >= 0.6 is 0 Å². The lowest BCUT2D eigenvalue weighted by molar-refractivity contribution is 0.0490. The van der Waals surface area contributed by atoms with Gasteiger partial charge < -0.3 is 9.84 Å². The Balaban J connectivity index is 2.23. The highest BCUT2D eigenvalue weighted by molar-refractivity contribution is 5.92. The monoisotopic (exact) mass is 264 g/mol. The highest BCUT2D eigenvalue weighted by Crippen LogP contribution is 2.17. The van der Waals surface area contributed by atoms with Crippen molar-refractivity contribution in [3.63, 3.8) is 0 Å². The zero-order valence-corrected chi connectivity index (χ0v) is 11.9. The zero-order chi connectivity index (χ0) is 14.1. The summed E-state index contributed by atoms with van der Waals surface area (Å²) in [6.07, 6.45) is 5.69. The molecule has 0 fully saturated rings. The van der Waals surface area contributed by atoms with Crippen molar-refractivity contribution >= 4 is 5.97 Å². The molecule has 1 atom stereocenters. The first-order valence-corrected chi connectivity index (χ1v) is 7.10. The Kier molecular flexibility index (Phi) is 7.01. The summed E-state index contributed by atoms with van der Waals surface area (Å²) in [4.78, 5) is 11.7. The Morgan fingerprint density at radius 3 is 2.63 bits per heavy atom. The Morgan fingerprint density at radius 1 is 1.26 bits per heavy atom. The Hall–Kier alpha value is -1.51. The summed E-state index contributed by atoms with van der Waals surface area (Å²) in [5.41, 5.74) is 0.238. The highest BCUT2D eigenvalue weighted by atomic mass is 16.5. The number of aromatic hydroxyl groups is 1. The molecule has 1 unspecified atom stereocenters. The van der Waals surface area contributed by atoms with Crippen molar-refractivity contribution < 1.29 is 14.6 Å². The van der Waals surface area contributed by atoms with Crippen LogP contribution in [0.15, 0.2) is 24.3 Å². The van der Waals surface area contributed by atoms with Crippen LogP contribution < -0.4 is 0 Å². The van der Waals surface area contributed by atoms with Crippen molar-refractivity contribution in [2.24, 2.45) is 5.92 Å². The summed E-state index contributed by atoms with van der Waals surface area (Å²) in [6.45, 7) is 4.85. The van der Waals surface area contributed by atoms with Crippen molar-refractivity contribution in [1.82, 2.24) is 0 Å². The SMILES string of the molecule is CCCCC(C)CCCOC(=O)c1ccccc1O. The van der Waals surface area contributed by atoms with E-state index in [4.69, 9.17) is 4.74 Å². The van der Waals surface area contributed by atoms with Crippen LogP contribution in [0.25, 0.3) is 0 Å². The van der Waals surface area contributed by atoms with E-state index in [0.717, 1.165) is 12.8 Å². The molecule has 0 amide bonds. The fourth-order valence-electron chi connectivity index (χ4n) is 2.02. The zero-order valence-electron chi connectivity index (χ0n) is 11.9. The average molecular weight is 264 g/mol. The summed E-state index contributed by atoms with van der Waals surface area (Å²) in [6, 6.07) is 6.45. The number of hydrogen-bond donors (Lipinski definition) is 1. The highest BCUT2D eigenvalue weighted by Gasteiger charge is 2.11. The number of phenolic OH excluding ortho intramolecular Hbond substituents is 1. The van der Waals surface area contributed by atoms with E-state index in [1.165, 1.54) is 25.3 Å². The number of para-hydroxylation sites is 1. The van der Waals surface area contributed by atoms with Gasteiger partial charge in [-0.15, -0.1) is 0 Å². The van der Waals surface area contributed by atoms with Gasteiger partial charge in [-0.25, -0.2) is 4.79 Å². The lowest BCUT2D eigenvalue weighted by Gasteiger charge is -2.10. The molecule has 3 heteroatoms. The third-order valence-electron chi connectivity index (χ3n) is 3.25. The molecule has 1 N–H and O–H groups in total. The number of unbranched alkanes of at least 4 members (excludes halogenated alkanes) is 1. The third-order valence-corrected chi connectivity index (χ3v) is 3.25. The molecule has 0 aromatic heterocycles. The number of carbonyl (C=O) groups is 1. The van der Waals surface area contributed by atoms with Crippen LogP contribution in [0.4, 0.5) is 0 Å². The molecule has 0 aliphatic carbocycles. The molecule has 1 rings (SSSR count). The number of ether oxygens (including phenoxy) is 1. The number of rotatable bonds is 8. The van der Waals surface area contributed by atoms with E-state index in [1.54, 1.807) is 18.2 Å². The first kappa shape index (κ1) is 15.5. The maximum atomic E-state index is 11.7. The van der Waals surface area contributed by atoms with Crippen molar-refractivity contribution in [2.45, 2.75) is 46.0 Å². The van der Waals surface area contributed by atoms with Crippen molar-refractivity contribution in [3.05, 3.63) is 29.8 Å². The predicted octanol–water partition coefficient (Wildman–Crippen LogP) is 4.16. The quantitative estimate of drug-likeness (QED) is 0.566. The number of hydrogen-bond acceptors (Lipinski definition) is 3. The van der Waals surface area contributed by atoms with Gasteiger partial charge in [-0.3, -0.25) is 0 Å². The summed E-state index contributed by atoms with van der Waals surface area (Å²) >= 11 is 0. The Morgan fingerprint density at radius 2 is 1.95 bits per heavy atom. The van der Waals surface area contributed by atoms with Crippen LogP contribution in [-0.2, 0) is 4.74 Å². The predicted molar refractivity (Wildman–Crippen MR) is 76.3 cm³/mol. The van der Waals surface area contributed by atoms with Crippen LogP contribution in [0.5, 0.6) is 5.75 Å². The fourth-order valence-corrected chi connectivity index (χ4v) is 2.02. The smallest absolute Gasteiger partial charge is 0.341 e. The molecular formula is C16H24O3. The molecule has 3 nitrogen and oxygen atoms in total. The maximum Gasteiger partial charge on any atom is 0.341 e. The van der Waals surface area contributed by atoms with Crippen LogP contribution in [0.2, 0.25) is 0 Å². The molecule has 1 aromatic rings. The number of benzene rings is 1. The number of esters is 1. The topological polar surface area (TPSA) is 46.5 Å². The minimum Gasteiger partial charge on any atom is -0.507 e. The van der Waals surface area contributed by atoms with Crippen LogP contribution in [0, 0.1) is 5.92 Å². The van der Waals surface area contributed by atoms with E-state index in [9.17, 15) is 9.90 Å². The van der Waals surface area contributed by atoms with E-state index in [-0.39, 0.29) is 11.3 Å². The third kappa shape index (κ3) is 5.77. The minimum atomic E-state index is -0.445. The van der Waals surface area contributed by atoms with Crippen molar-refractivity contribution in [3.8, 4) is 5.75 Å². The first-order chi connectivity index (χ1) is 9.15. The standard InChI is InChI=1S/C16H24O3/c1-3-4-8-13(2)9-7-12-19-16(18)14-10-5-6-11-15(14)17/h5-6,10-11,13,17H,3-4,7-9,12H2,1-2H3. The summed E-state index contributed by atoms with van der Waals surface area (Å²) in [5.74, 6) is 0.215. The second-order valence-electron chi connectivity index (χ2n) is 5.04. The van der Waals surface area contributed by atoms with Gasteiger partial charge in [0.1, 0.15) is 11.3 Å². The number of carbonyl (C=O) groups excluding carboxylic acids is 1. The van der Waals surface area contributed by atoms with Gasteiger partial charge in [0.25, 0.3) is 0 Å². The molecule has 19 heavy (non-hydrogen) atoms. The molecule has 0 aliphatic heterocycles. The normalized spacial score (nSPS) is 12.1. The molecule has 0 saturated carbocycles. The molecule has 0 saturated heterocycles. The molecule has 0 aliphatic rings. The maximum absolute atomic E-state index is 11.7. The van der Waals surface area contributed by atoms with Crippen molar-refractivity contribution in [1.29, 1.82) is 0 Å². The summed E-state index contributed by atoms with van der Waals surface area (Å²) in [5, 5.41) is 9.52. The Bertz CT molecular complexity index is 387. The summed E-state index contributed by atoms with van der Waals surface area (Å²) in [7, 11) is 0. The molecule has 0 heterocycles. The van der Waals surface area contributed by atoms with E-state index >= 15 is 0 Å². The average Bonchev–Trinajstić information content (AvgIpc) is 2.41. The molecular weight excluding hydrogens is 240 g/mol. The van der Waals surface area contributed by atoms with Gasteiger partial charge in [-0.1, -0.05) is 45.2 Å². The van der Waals surface area contributed by atoms with Gasteiger partial charge in [0.05, 0.1) is 6.61 Å². The van der Waals surface area contributed by atoms with Gasteiger partial charge in [-0.05, 0) is 30.9 Å². The first-order valence-electron chi connectivity index (χ1n) is 7.10. The molecule has 0 radical (unpaired) electrons. The van der Waals surface area contributed by atoms with Crippen LogP contribution in [-0.4, -0.2) is 17.7 Å². The Labute approximate surface area is 115 Å². The fraction of sp³-hybridized carbons (Fsp3) is 0.562. The number of phenols is 1. The van der Waals surface area contributed by atoms with E-state index in [0.29, 0.717) is 12.5 Å². The van der Waals surface area contributed by atoms with Crippen molar-refractivity contribution in [2.75, 3.05) is 6.61 Å². The second kappa shape index (κ2) is 8.57. The lowest BCUT2D eigenvalue weighted by atomic mass is 9.99. The van der Waals surface area contributed by atoms with E-state index in [1.807, 2.05) is 0 Å². The van der Waals surface area contributed by atoms with Gasteiger partial charge in [0, 0.05) is 0 Å². The van der Waals surface area contributed by atoms with E-state index < -0.39 is 5.97 Å². The van der Waals surface area contributed by atoms with Gasteiger partial charge in [-0.2, -0.15) is 0 Å². The van der Waals surface area contributed by atoms with Gasteiger partial charge in [0.15, 0.2) is 0 Å². The molecule has 0 bridgehead atoms. The minimum absolute atomic E-state index is 0.0242. The lowest BCUT2D eigenvalue weighted by Crippen LogP contribution is -2.07. The van der Waals surface area contributed by atoms with Gasteiger partial charge >= 0.3 is 5.97 Å². The van der Waals surface area contributed by atoms with E-state index in [2.05, 4.69) is 13.8 Å². The van der Waals surface area contributed by atoms with Crippen LogP contribution in [0.1, 0.15) is 56.3 Å². The summed E-state index contributed by atoms with van der Waals surface area (Å²) < 4.78 is 5.16. The van der Waals surface area contributed by atoms with Crippen LogP contribution in [0.3, 0.4) is 0 Å². The van der Waals surface area contributed by atoms with Gasteiger partial charge in [0.2, 0.25) is 0 Å². The molecule has 1 aromatic carbocycles. The second-order valence-corrected chi connectivity index (χ2v) is 5.04. The molecule has 106 valence electrons.